The zero-order valence-corrected chi connectivity index (χ0v) is 19.4. The Morgan fingerprint density at radius 2 is 2.12 bits per heavy atom. The molecule has 0 bridgehead atoms. The number of aromatic nitrogens is 1. The van der Waals surface area contributed by atoms with Gasteiger partial charge in [-0.25, -0.2) is 4.98 Å². The summed E-state index contributed by atoms with van der Waals surface area (Å²) in [7, 11) is 0. The van der Waals surface area contributed by atoms with Crippen molar-refractivity contribution < 1.29 is 4.74 Å². The van der Waals surface area contributed by atoms with Crippen LogP contribution in [0, 0.1) is 5.92 Å². The minimum absolute atomic E-state index is 0. The molecule has 0 radical (unpaired) electrons. The van der Waals surface area contributed by atoms with Gasteiger partial charge in [0.2, 0.25) is 0 Å². The molecule has 0 aliphatic carbocycles. The molecule has 2 N–H and O–H groups in total. The number of rotatable bonds is 9. The Bertz CT molecular complexity index is 519. The van der Waals surface area contributed by atoms with Crippen LogP contribution in [-0.2, 0) is 17.6 Å². The maximum atomic E-state index is 5.41. The van der Waals surface area contributed by atoms with Crippen LogP contribution in [0.4, 0.5) is 0 Å². The van der Waals surface area contributed by atoms with Crippen molar-refractivity contribution in [3.8, 4) is 0 Å². The average Bonchev–Trinajstić information content (AvgIpc) is 3.08. The third-order valence-corrected chi connectivity index (χ3v) is 5.36. The van der Waals surface area contributed by atoms with Gasteiger partial charge in [-0.1, -0.05) is 13.8 Å². The van der Waals surface area contributed by atoms with E-state index in [1.54, 1.807) is 0 Å². The third kappa shape index (κ3) is 8.96. The predicted octanol–water partition coefficient (Wildman–Crippen LogP) is 2.39. The summed E-state index contributed by atoms with van der Waals surface area (Å²) in [4.78, 5) is 13.0. The maximum Gasteiger partial charge on any atom is 0.191 e. The van der Waals surface area contributed by atoms with E-state index >= 15 is 0 Å². The highest BCUT2D eigenvalue weighted by Crippen LogP contribution is 2.13. The molecule has 2 rings (SSSR count). The van der Waals surface area contributed by atoms with Gasteiger partial charge in [0.1, 0.15) is 0 Å². The molecule has 1 atom stereocenters. The summed E-state index contributed by atoms with van der Waals surface area (Å²) in [5.41, 5.74) is 0. The van der Waals surface area contributed by atoms with E-state index in [0.29, 0.717) is 5.92 Å². The lowest BCUT2D eigenvalue weighted by Crippen LogP contribution is -2.40. The maximum absolute atomic E-state index is 5.41. The zero-order valence-electron chi connectivity index (χ0n) is 16.3. The van der Waals surface area contributed by atoms with Gasteiger partial charge < -0.3 is 15.4 Å². The summed E-state index contributed by atoms with van der Waals surface area (Å²) in [5.74, 6) is 1.45. The summed E-state index contributed by atoms with van der Waals surface area (Å²) in [6, 6.07) is 0. The van der Waals surface area contributed by atoms with Crippen LogP contribution in [-0.4, -0.2) is 68.3 Å². The van der Waals surface area contributed by atoms with Crippen molar-refractivity contribution in [2.45, 2.75) is 33.6 Å². The number of thiazole rings is 1. The summed E-state index contributed by atoms with van der Waals surface area (Å²) >= 11 is 1.81. The van der Waals surface area contributed by atoms with Crippen molar-refractivity contribution in [3.05, 3.63) is 16.1 Å². The number of hydrogen-bond acceptors (Lipinski definition) is 5. The largest absolute Gasteiger partial charge is 0.379 e. The van der Waals surface area contributed by atoms with E-state index in [-0.39, 0.29) is 24.0 Å². The van der Waals surface area contributed by atoms with Gasteiger partial charge in [-0.15, -0.1) is 35.3 Å². The summed E-state index contributed by atoms with van der Waals surface area (Å²) in [6.45, 7) is 14.0. The first-order chi connectivity index (χ1) is 12.2. The van der Waals surface area contributed by atoms with E-state index in [1.165, 1.54) is 9.88 Å². The van der Waals surface area contributed by atoms with Crippen LogP contribution in [0.15, 0.2) is 11.2 Å². The molecule has 26 heavy (non-hydrogen) atoms. The number of aliphatic imine (C=N–C) groups is 1. The molecule has 1 aromatic heterocycles. The minimum Gasteiger partial charge on any atom is -0.379 e. The molecule has 1 unspecified atom stereocenters. The van der Waals surface area contributed by atoms with Crippen molar-refractivity contribution in [2.24, 2.45) is 10.9 Å². The van der Waals surface area contributed by atoms with E-state index in [0.717, 1.165) is 71.3 Å². The Morgan fingerprint density at radius 3 is 2.77 bits per heavy atom. The lowest BCUT2D eigenvalue weighted by Gasteiger charge is -2.28. The van der Waals surface area contributed by atoms with E-state index in [4.69, 9.17) is 9.73 Å². The number of aryl methyl sites for hydroxylation is 1. The molecule has 1 fully saturated rings. The van der Waals surface area contributed by atoms with Crippen molar-refractivity contribution in [1.29, 1.82) is 0 Å². The van der Waals surface area contributed by atoms with Crippen LogP contribution in [0.2, 0.25) is 0 Å². The highest BCUT2D eigenvalue weighted by Gasteiger charge is 2.13. The van der Waals surface area contributed by atoms with E-state index in [2.05, 4.69) is 41.3 Å². The van der Waals surface area contributed by atoms with E-state index in [9.17, 15) is 0 Å². The molecule has 150 valence electrons. The standard InChI is InChI=1S/C18H33N5OS.HI/c1-4-16-13-21-17(25-16)6-7-20-18(19-5-2)22-12-15(3)14-23-8-10-24-11-9-23;/h13,15H,4-12,14H2,1-3H3,(H2,19,20,22);1H. The second kappa shape index (κ2) is 13.7. The van der Waals surface area contributed by atoms with Gasteiger partial charge in [0.15, 0.2) is 5.96 Å². The van der Waals surface area contributed by atoms with Gasteiger partial charge in [0.05, 0.1) is 18.2 Å². The highest BCUT2D eigenvalue weighted by molar-refractivity contribution is 14.0. The lowest BCUT2D eigenvalue weighted by molar-refractivity contribution is 0.0323. The number of nitrogens with zero attached hydrogens (tertiary/aromatic N) is 3. The predicted molar refractivity (Wildman–Crippen MR) is 121 cm³/mol. The average molecular weight is 495 g/mol. The number of hydrogen-bond donors (Lipinski definition) is 2. The van der Waals surface area contributed by atoms with E-state index in [1.807, 2.05) is 17.5 Å². The topological polar surface area (TPSA) is 61.8 Å². The fourth-order valence-corrected chi connectivity index (χ4v) is 3.65. The van der Waals surface area contributed by atoms with Gasteiger partial charge in [-0.05, 0) is 19.3 Å². The number of halogens is 1. The molecule has 8 heteroatoms. The highest BCUT2D eigenvalue weighted by atomic mass is 127. The molecule has 1 saturated heterocycles. The molecule has 0 spiro atoms. The number of morpholine rings is 1. The van der Waals surface area contributed by atoms with Crippen LogP contribution in [0.5, 0.6) is 0 Å². The molecular formula is C18H34IN5OS. The Balaban J connectivity index is 0.00000338. The van der Waals surface area contributed by atoms with Gasteiger partial charge in [-0.2, -0.15) is 0 Å². The summed E-state index contributed by atoms with van der Waals surface area (Å²) in [6.07, 6.45) is 4.00. The van der Waals surface area contributed by atoms with Crippen molar-refractivity contribution >= 4 is 41.3 Å². The quantitative estimate of drug-likeness (QED) is 0.313. The lowest BCUT2D eigenvalue weighted by atomic mass is 10.1. The SMILES string of the molecule is CCNC(=NCC(C)CN1CCOCC1)NCCc1ncc(CC)s1.I. The van der Waals surface area contributed by atoms with Crippen molar-refractivity contribution in [3.63, 3.8) is 0 Å². The molecule has 1 aliphatic heterocycles. The molecule has 0 saturated carbocycles. The number of nitrogens with one attached hydrogen (secondary N) is 2. The Labute approximate surface area is 179 Å². The van der Waals surface area contributed by atoms with Gasteiger partial charge >= 0.3 is 0 Å². The van der Waals surface area contributed by atoms with Crippen LogP contribution in [0.3, 0.4) is 0 Å². The van der Waals surface area contributed by atoms with Gasteiger partial charge in [-0.3, -0.25) is 9.89 Å². The van der Waals surface area contributed by atoms with Gasteiger partial charge in [0, 0.05) is 56.8 Å². The molecule has 0 amide bonds. The first kappa shape index (κ1) is 23.6. The molecule has 2 heterocycles. The first-order valence-electron chi connectivity index (χ1n) is 9.47. The Hall–Kier alpha value is -0.450. The normalized spacial score (nSPS) is 16.8. The van der Waals surface area contributed by atoms with Crippen molar-refractivity contribution in [1.82, 2.24) is 20.5 Å². The summed E-state index contributed by atoms with van der Waals surface area (Å²) < 4.78 is 5.41. The number of ether oxygens (including phenoxy) is 1. The second-order valence-corrected chi connectivity index (χ2v) is 7.69. The van der Waals surface area contributed by atoms with Crippen LogP contribution in [0.25, 0.3) is 0 Å². The molecule has 1 aromatic rings. The monoisotopic (exact) mass is 495 g/mol. The Kier molecular flexibility index (Phi) is 12.4. The third-order valence-electron chi connectivity index (χ3n) is 4.16. The van der Waals surface area contributed by atoms with E-state index < -0.39 is 0 Å². The van der Waals surface area contributed by atoms with Gasteiger partial charge in [0.25, 0.3) is 0 Å². The van der Waals surface area contributed by atoms with Crippen LogP contribution in [0.1, 0.15) is 30.7 Å². The first-order valence-corrected chi connectivity index (χ1v) is 10.3. The molecule has 0 aromatic carbocycles. The molecule has 6 nitrogen and oxygen atoms in total. The van der Waals surface area contributed by atoms with Crippen molar-refractivity contribution in [2.75, 3.05) is 52.5 Å². The van der Waals surface area contributed by atoms with Crippen LogP contribution >= 0.6 is 35.3 Å². The number of guanidine groups is 1. The summed E-state index contributed by atoms with van der Waals surface area (Å²) in [5, 5.41) is 7.96. The molecular weight excluding hydrogens is 461 g/mol. The minimum atomic E-state index is 0. The fraction of sp³-hybridized carbons (Fsp3) is 0.778. The molecule has 1 aliphatic rings. The van der Waals surface area contributed by atoms with Crippen LogP contribution < -0.4 is 10.6 Å². The zero-order chi connectivity index (χ0) is 17.9. The smallest absolute Gasteiger partial charge is 0.191 e. The fourth-order valence-electron chi connectivity index (χ4n) is 2.79. The Morgan fingerprint density at radius 1 is 1.35 bits per heavy atom. The second-order valence-electron chi connectivity index (χ2n) is 6.49.